The van der Waals surface area contributed by atoms with Crippen molar-refractivity contribution in [2.75, 3.05) is 19.7 Å². The predicted molar refractivity (Wildman–Crippen MR) is 86.2 cm³/mol. The maximum absolute atomic E-state index is 13.2. The van der Waals surface area contributed by atoms with E-state index in [0.29, 0.717) is 19.6 Å². The van der Waals surface area contributed by atoms with Gasteiger partial charge < -0.3 is 9.64 Å². The molecule has 0 aromatic heterocycles. The number of alkyl halides is 1. The maximum Gasteiger partial charge on any atom is 0.409 e. The Balaban J connectivity index is 1.54. The van der Waals surface area contributed by atoms with E-state index in [1.54, 1.807) is 0 Å². The first-order chi connectivity index (χ1) is 11.2. The molecule has 1 unspecified atom stereocenters. The summed E-state index contributed by atoms with van der Waals surface area (Å²) in [7, 11) is 0. The van der Waals surface area contributed by atoms with Crippen LogP contribution < -0.4 is 0 Å². The van der Waals surface area contributed by atoms with Crippen LogP contribution in [0, 0.1) is 0 Å². The molecule has 4 heteroatoms. The normalized spacial score (nSPS) is 19.5. The van der Waals surface area contributed by atoms with Crippen molar-refractivity contribution >= 4 is 6.09 Å². The molecular formula is C19H18FNO2. The lowest BCUT2D eigenvalue weighted by Gasteiger charge is -2.18. The molecule has 2 aromatic rings. The Labute approximate surface area is 134 Å². The van der Waals surface area contributed by atoms with Gasteiger partial charge in [0.15, 0.2) is 0 Å². The first kappa shape index (κ1) is 14.2. The lowest BCUT2D eigenvalue weighted by atomic mass is 9.98. The van der Waals surface area contributed by atoms with E-state index in [0.717, 1.165) is 0 Å². The Hall–Kier alpha value is -2.36. The van der Waals surface area contributed by atoms with Crippen molar-refractivity contribution in [1.82, 2.24) is 4.90 Å². The summed E-state index contributed by atoms with van der Waals surface area (Å²) in [6.07, 6.45) is -0.924. The first-order valence-electron chi connectivity index (χ1n) is 7.98. The van der Waals surface area contributed by atoms with Crippen LogP contribution in [0.2, 0.25) is 0 Å². The molecule has 0 radical (unpaired) electrons. The molecule has 1 amide bonds. The third-order valence-electron chi connectivity index (χ3n) is 4.72. The fourth-order valence-electron chi connectivity index (χ4n) is 3.57. The zero-order valence-corrected chi connectivity index (χ0v) is 12.7. The van der Waals surface area contributed by atoms with Gasteiger partial charge in [-0.2, -0.15) is 0 Å². The number of likely N-dealkylation sites (tertiary alicyclic amines) is 1. The van der Waals surface area contributed by atoms with E-state index in [-0.39, 0.29) is 12.5 Å². The molecule has 1 saturated heterocycles. The van der Waals surface area contributed by atoms with Gasteiger partial charge in [0.05, 0.1) is 6.54 Å². The minimum absolute atomic E-state index is 0.0510. The van der Waals surface area contributed by atoms with Crippen molar-refractivity contribution in [3.63, 3.8) is 0 Å². The van der Waals surface area contributed by atoms with Crippen LogP contribution in [0.25, 0.3) is 11.1 Å². The number of carbonyl (C=O) groups excluding carboxylic acids is 1. The zero-order chi connectivity index (χ0) is 15.8. The zero-order valence-electron chi connectivity index (χ0n) is 12.7. The maximum atomic E-state index is 13.2. The number of amides is 1. The minimum atomic E-state index is -0.921. The Bertz CT molecular complexity index is 700. The van der Waals surface area contributed by atoms with Gasteiger partial charge >= 0.3 is 6.09 Å². The van der Waals surface area contributed by atoms with Crippen LogP contribution in [0.15, 0.2) is 48.5 Å². The smallest absolute Gasteiger partial charge is 0.409 e. The monoisotopic (exact) mass is 311 g/mol. The highest BCUT2D eigenvalue weighted by atomic mass is 19.1. The largest absolute Gasteiger partial charge is 0.448 e. The molecule has 1 fully saturated rings. The number of hydrogen-bond acceptors (Lipinski definition) is 2. The van der Waals surface area contributed by atoms with Crippen molar-refractivity contribution in [3.05, 3.63) is 59.7 Å². The quantitative estimate of drug-likeness (QED) is 0.839. The highest BCUT2D eigenvalue weighted by Gasteiger charge is 2.31. The van der Waals surface area contributed by atoms with E-state index in [4.69, 9.17) is 4.74 Å². The molecule has 1 aliphatic heterocycles. The van der Waals surface area contributed by atoms with Crippen molar-refractivity contribution in [2.45, 2.75) is 18.5 Å². The highest BCUT2D eigenvalue weighted by Crippen LogP contribution is 2.44. The number of ether oxygens (including phenoxy) is 1. The van der Waals surface area contributed by atoms with Gasteiger partial charge in [-0.3, -0.25) is 0 Å². The molecule has 1 atom stereocenters. The summed E-state index contributed by atoms with van der Waals surface area (Å²) in [4.78, 5) is 13.6. The Morgan fingerprint density at radius 3 is 2.26 bits per heavy atom. The molecule has 0 spiro atoms. The first-order valence-corrected chi connectivity index (χ1v) is 7.98. The standard InChI is InChI=1S/C19H18FNO2/c20-13-9-10-21(11-13)19(22)23-12-18-16-7-3-1-5-14(16)15-6-2-4-8-17(15)18/h1-8,13,18H,9-12H2. The molecule has 0 N–H and O–H groups in total. The Kier molecular flexibility index (Phi) is 3.52. The highest BCUT2D eigenvalue weighted by molar-refractivity contribution is 5.79. The second-order valence-electron chi connectivity index (χ2n) is 6.14. The third-order valence-corrected chi connectivity index (χ3v) is 4.72. The summed E-state index contributed by atoms with van der Waals surface area (Å²) < 4.78 is 18.7. The van der Waals surface area contributed by atoms with Crippen molar-refractivity contribution in [2.24, 2.45) is 0 Å². The van der Waals surface area contributed by atoms with Crippen LogP contribution in [0.4, 0.5) is 9.18 Å². The van der Waals surface area contributed by atoms with Crippen LogP contribution in [-0.2, 0) is 4.74 Å². The summed E-state index contributed by atoms with van der Waals surface area (Å²) in [5, 5.41) is 0. The van der Waals surface area contributed by atoms with Gasteiger partial charge in [-0.25, -0.2) is 9.18 Å². The number of fused-ring (bicyclic) bond motifs is 3. The number of carbonyl (C=O) groups is 1. The summed E-state index contributed by atoms with van der Waals surface area (Å²) in [6.45, 7) is 0.884. The lowest BCUT2D eigenvalue weighted by molar-refractivity contribution is 0.105. The molecule has 2 aromatic carbocycles. The van der Waals surface area contributed by atoms with E-state index < -0.39 is 12.3 Å². The van der Waals surface area contributed by atoms with Crippen molar-refractivity contribution in [3.8, 4) is 11.1 Å². The average molecular weight is 311 g/mol. The third kappa shape index (κ3) is 2.48. The van der Waals surface area contributed by atoms with Crippen LogP contribution in [-0.4, -0.2) is 36.9 Å². The molecule has 118 valence electrons. The fraction of sp³-hybridized carbons (Fsp3) is 0.316. The van der Waals surface area contributed by atoms with E-state index in [2.05, 4.69) is 24.3 Å². The fourth-order valence-corrected chi connectivity index (χ4v) is 3.57. The van der Waals surface area contributed by atoms with E-state index in [9.17, 15) is 9.18 Å². The average Bonchev–Trinajstić information content (AvgIpc) is 3.15. The van der Waals surface area contributed by atoms with Crippen LogP contribution >= 0.6 is 0 Å². The number of rotatable bonds is 2. The van der Waals surface area contributed by atoms with Crippen LogP contribution in [0.5, 0.6) is 0 Å². The summed E-state index contributed by atoms with van der Waals surface area (Å²) >= 11 is 0. The van der Waals surface area contributed by atoms with Gasteiger partial charge in [0, 0.05) is 12.5 Å². The molecule has 0 bridgehead atoms. The molecular weight excluding hydrogens is 293 g/mol. The van der Waals surface area contributed by atoms with Gasteiger partial charge in [0.25, 0.3) is 0 Å². The van der Waals surface area contributed by atoms with E-state index in [1.807, 2.05) is 24.3 Å². The SMILES string of the molecule is O=C(OCC1c2ccccc2-c2ccccc21)N1CCC(F)C1. The number of halogens is 1. The van der Waals surface area contributed by atoms with E-state index >= 15 is 0 Å². The summed E-state index contributed by atoms with van der Waals surface area (Å²) in [5.74, 6) is 0.0510. The molecule has 3 nitrogen and oxygen atoms in total. The second-order valence-corrected chi connectivity index (χ2v) is 6.14. The summed E-state index contributed by atoms with van der Waals surface area (Å²) in [5.41, 5.74) is 4.78. The number of hydrogen-bond donors (Lipinski definition) is 0. The van der Waals surface area contributed by atoms with Crippen LogP contribution in [0.3, 0.4) is 0 Å². The van der Waals surface area contributed by atoms with Crippen LogP contribution in [0.1, 0.15) is 23.5 Å². The van der Waals surface area contributed by atoms with Gasteiger partial charge in [-0.1, -0.05) is 48.5 Å². The van der Waals surface area contributed by atoms with Crippen molar-refractivity contribution in [1.29, 1.82) is 0 Å². The predicted octanol–water partition coefficient (Wildman–Crippen LogP) is 3.98. The molecule has 1 heterocycles. The molecule has 0 saturated carbocycles. The topological polar surface area (TPSA) is 29.5 Å². The van der Waals surface area contributed by atoms with Gasteiger partial charge in [-0.05, 0) is 28.7 Å². The number of benzene rings is 2. The molecule has 2 aliphatic rings. The van der Waals surface area contributed by atoms with Gasteiger partial charge in [-0.15, -0.1) is 0 Å². The molecule has 23 heavy (non-hydrogen) atoms. The lowest BCUT2D eigenvalue weighted by Crippen LogP contribution is -2.30. The summed E-state index contributed by atoms with van der Waals surface area (Å²) in [6, 6.07) is 16.4. The Morgan fingerprint density at radius 2 is 1.70 bits per heavy atom. The minimum Gasteiger partial charge on any atom is -0.448 e. The molecule has 1 aliphatic carbocycles. The van der Waals surface area contributed by atoms with Gasteiger partial charge in [0.1, 0.15) is 12.8 Å². The second kappa shape index (κ2) is 5.69. The number of nitrogens with zero attached hydrogens (tertiary/aromatic N) is 1. The van der Waals surface area contributed by atoms with Gasteiger partial charge in [0.2, 0.25) is 0 Å². The van der Waals surface area contributed by atoms with E-state index in [1.165, 1.54) is 27.2 Å². The Morgan fingerprint density at radius 1 is 1.09 bits per heavy atom. The molecule has 4 rings (SSSR count). The van der Waals surface area contributed by atoms with Crippen molar-refractivity contribution < 1.29 is 13.9 Å².